The average molecular weight is 254 g/mol. The van der Waals surface area contributed by atoms with E-state index in [0.717, 1.165) is 19.0 Å². The van der Waals surface area contributed by atoms with Gasteiger partial charge in [0.1, 0.15) is 0 Å². The van der Waals surface area contributed by atoms with Crippen molar-refractivity contribution in [3.8, 4) is 0 Å². The molecule has 104 valence electrons. The molecule has 1 heterocycles. The largest absolute Gasteiger partial charge is 0.480 e. The first-order valence-electron chi connectivity index (χ1n) is 7.33. The molecule has 4 nitrogen and oxygen atoms in total. The Morgan fingerprint density at radius 3 is 2.61 bits per heavy atom. The highest BCUT2D eigenvalue weighted by Gasteiger charge is 2.29. The van der Waals surface area contributed by atoms with E-state index >= 15 is 0 Å². The van der Waals surface area contributed by atoms with Crippen LogP contribution in [0.15, 0.2) is 0 Å². The lowest BCUT2D eigenvalue weighted by atomic mass is 9.92. The minimum absolute atomic E-state index is 0.170. The highest BCUT2D eigenvalue weighted by atomic mass is 16.4. The highest BCUT2D eigenvalue weighted by Crippen LogP contribution is 2.26. The van der Waals surface area contributed by atoms with Gasteiger partial charge in [-0.2, -0.15) is 0 Å². The number of aliphatic carboxylic acids is 1. The van der Waals surface area contributed by atoms with E-state index in [9.17, 15) is 4.79 Å². The number of carboxylic acids is 1. The number of rotatable bonds is 4. The van der Waals surface area contributed by atoms with Gasteiger partial charge >= 0.3 is 5.97 Å². The summed E-state index contributed by atoms with van der Waals surface area (Å²) in [6, 6.07) is 1.19. The maximum absolute atomic E-state index is 10.8. The van der Waals surface area contributed by atoms with Crippen molar-refractivity contribution < 1.29 is 9.90 Å². The van der Waals surface area contributed by atoms with E-state index in [0.29, 0.717) is 6.04 Å². The van der Waals surface area contributed by atoms with Gasteiger partial charge in [-0.1, -0.05) is 19.3 Å². The number of likely N-dealkylation sites (N-methyl/N-ethyl adjacent to an activating group) is 1. The number of piperidine rings is 1. The molecule has 0 aromatic carbocycles. The maximum atomic E-state index is 10.8. The summed E-state index contributed by atoms with van der Waals surface area (Å²) in [5.74, 6) is -0.715. The molecule has 0 aromatic heterocycles. The van der Waals surface area contributed by atoms with Crippen LogP contribution in [0.1, 0.15) is 44.9 Å². The Morgan fingerprint density at radius 1 is 1.22 bits per heavy atom. The van der Waals surface area contributed by atoms with Crippen LogP contribution in [-0.2, 0) is 4.79 Å². The minimum Gasteiger partial charge on any atom is -0.480 e. The lowest BCUT2D eigenvalue weighted by Crippen LogP contribution is -2.51. The lowest BCUT2D eigenvalue weighted by molar-refractivity contribution is -0.138. The molecule has 0 bridgehead atoms. The summed E-state index contributed by atoms with van der Waals surface area (Å²) in [5.41, 5.74) is 0. The lowest BCUT2D eigenvalue weighted by Gasteiger charge is -2.42. The Morgan fingerprint density at radius 2 is 1.94 bits per heavy atom. The average Bonchev–Trinajstić information content (AvgIpc) is 2.39. The quantitative estimate of drug-likeness (QED) is 0.831. The van der Waals surface area contributed by atoms with Gasteiger partial charge in [-0.25, -0.2) is 0 Å². The van der Waals surface area contributed by atoms with Crippen molar-refractivity contribution in [1.82, 2.24) is 9.80 Å². The van der Waals surface area contributed by atoms with Crippen LogP contribution in [0.3, 0.4) is 0 Å². The fraction of sp³-hybridized carbons (Fsp3) is 0.929. The van der Waals surface area contributed by atoms with Crippen LogP contribution < -0.4 is 0 Å². The summed E-state index contributed by atoms with van der Waals surface area (Å²) < 4.78 is 0. The standard InChI is InChI=1S/C14H26N2O2/c1-15(11-14(17)18)13-8-5-9-16(10-13)12-6-3-2-4-7-12/h12-13H,2-11H2,1H3,(H,17,18). The van der Waals surface area contributed by atoms with Crippen molar-refractivity contribution in [2.24, 2.45) is 0 Å². The Balaban J connectivity index is 1.85. The molecule has 1 atom stereocenters. The number of carbonyl (C=O) groups is 1. The molecule has 1 saturated carbocycles. The van der Waals surface area contributed by atoms with Gasteiger partial charge in [0.05, 0.1) is 6.54 Å². The molecule has 1 saturated heterocycles. The third-order valence-corrected chi connectivity index (χ3v) is 4.53. The predicted octanol–water partition coefficient (Wildman–Crippen LogP) is 1.80. The molecule has 18 heavy (non-hydrogen) atoms. The summed E-state index contributed by atoms with van der Waals surface area (Å²) >= 11 is 0. The van der Waals surface area contributed by atoms with Crippen LogP contribution in [0.4, 0.5) is 0 Å². The first kappa shape index (κ1) is 13.8. The summed E-state index contributed by atoms with van der Waals surface area (Å²) in [6.07, 6.45) is 9.18. The maximum Gasteiger partial charge on any atom is 0.317 e. The number of carboxylic acid groups (broad SMARTS) is 1. The molecule has 2 fully saturated rings. The van der Waals surface area contributed by atoms with Crippen LogP contribution in [0.5, 0.6) is 0 Å². The summed E-state index contributed by atoms with van der Waals surface area (Å²) in [4.78, 5) is 15.4. The molecule has 1 unspecified atom stereocenters. The van der Waals surface area contributed by atoms with Gasteiger partial charge in [0, 0.05) is 18.6 Å². The smallest absolute Gasteiger partial charge is 0.317 e. The fourth-order valence-electron chi connectivity index (χ4n) is 3.46. The van der Waals surface area contributed by atoms with Crippen molar-refractivity contribution in [2.75, 3.05) is 26.7 Å². The van der Waals surface area contributed by atoms with Crippen molar-refractivity contribution in [1.29, 1.82) is 0 Å². The number of nitrogens with zero attached hydrogens (tertiary/aromatic N) is 2. The number of hydrogen-bond donors (Lipinski definition) is 1. The molecular formula is C14H26N2O2. The van der Waals surface area contributed by atoms with E-state index in [4.69, 9.17) is 5.11 Å². The van der Waals surface area contributed by atoms with E-state index in [2.05, 4.69) is 4.90 Å². The van der Waals surface area contributed by atoms with Crippen molar-refractivity contribution in [2.45, 2.75) is 57.0 Å². The van der Waals surface area contributed by atoms with Crippen LogP contribution in [0, 0.1) is 0 Å². The minimum atomic E-state index is -0.715. The molecule has 4 heteroatoms. The third-order valence-electron chi connectivity index (χ3n) is 4.53. The Hall–Kier alpha value is -0.610. The molecule has 0 radical (unpaired) electrons. The third kappa shape index (κ3) is 3.69. The zero-order valence-electron chi connectivity index (χ0n) is 11.5. The van der Waals surface area contributed by atoms with Crippen LogP contribution in [0.25, 0.3) is 0 Å². The summed E-state index contributed by atoms with van der Waals surface area (Å²) in [5, 5.41) is 8.87. The molecule has 1 aliphatic carbocycles. The molecular weight excluding hydrogens is 228 g/mol. The van der Waals surface area contributed by atoms with Gasteiger partial charge in [-0.15, -0.1) is 0 Å². The first-order chi connectivity index (χ1) is 8.66. The Bertz CT molecular complexity index is 277. The van der Waals surface area contributed by atoms with Gasteiger partial charge in [-0.05, 0) is 39.3 Å². The van der Waals surface area contributed by atoms with E-state index in [1.54, 1.807) is 0 Å². The van der Waals surface area contributed by atoms with Gasteiger partial charge in [0.15, 0.2) is 0 Å². The highest BCUT2D eigenvalue weighted by molar-refractivity contribution is 5.69. The first-order valence-corrected chi connectivity index (χ1v) is 7.33. The zero-order chi connectivity index (χ0) is 13.0. The van der Waals surface area contributed by atoms with E-state index in [1.165, 1.54) is 45.1 Å². The molecule has 2 rings (SSSR count). The van der Waals surface area contributed by atoms with Crippen molar-refractivity contribution in [3.63, 3.8) is 0 Å². The second-order valence-electron chi connectivity index (χ2n) is 5.89. The number of likely N-dealkylation sites (tertiary alicyclic amines) is 1. The van der Waals surface area contributed by atoms with E-state index in [-0.39, 0.29) is 6.54 Å². The Labute approximate surface area is 110 Å². The van der Waals surface area contributed by atoms with Crippen LogP contribution in [0.2, 0.25) is 0 Å². The molecule has 1 aliphatic heterocycles. The summed E-state index contributed by atoms with van der Waals surface area (Å²) in [6.45, 7) is 2.44. The van der Waals surface area contributed by atoms with E-state index in [1.807, 2.05) is 11.9 Å². The molecule has 0 spiro atoms. The molecule has 0 aromatic rings. The summed E-state index contributed by atoms with van der Waals surface area (Å²) in [7, 11) is 1.95. The monoisotopic (exact) mass is 254 g/mol. The number of hydrogen-bond acceptors (Lipinski definition) is 3. The molecule has 0 amide bonds. The second-order valence-corrected chi connectivity index (χ2v) is 5.89. The topological polar surface area (TPSA) is 43.8 Å². The van der Waals surface area contributed by atoms with Crippen molar-refractivity contribution >= 4 is 5.97 Å². The van der Waals surface area contributed by atoms with Gasteiger partial charge in [-0.3, -0.25) is 14.6 Å². The zero-order valence-corrected chi connectivity index (χ0v) is 11.5. The van der Waals surface area contributed by atoms with Crippen LogP contribution in [-0.4, -0.2) is 59.6 Å². The van der Waals surface area contributed by atoms with Gasteiger partial charge in [0.2, 0.25) is 0 Å². The van der Waals surface area contributed by atoms with Gasteiger partial charge < -0.3 is 5.11 Å². The van der Waals surface area contributed by atoms with Gasteiger partial charge in [0.25, 0.3) is 0 Å². The van der Waals surface area contributed by atoms with E-state index < -0.39 is 5.97 Å². The Kier molecular flexibility index (Phi) is 5.01. The normalized spacial score (nSPS) is 27.6. The van der Waals surface area contributed by atoms with Crippen LogP contribution >= 0.6 is 0 Å². The second kappa shape index (κ2) is 6.53. The van der Waals surface area contributed by atoms with Crippen molar-refractivity contribution in [3.05, 3.63) is 0 Å². The molecule has 2 aliphatic rings. The fourth-order valence-corrected chi connectivity index (χ4v) is 3.46. The predicted molar refractivity (Wildman–Crippen MR) is 71.7 cm³/mol. The SMILES string of the molecule is CN(CC(=O)O)C1CCCN(C2CCCCC2)C1. The molecule has 1 N–H and O–H groups in total.